The van der Waals surface area contributed by atoms with Crippen molar-refractivity contribution in [2.45, 2.75) is 32.4 Å². The molecule has 0 aliphatic carbocycles. The molecule has 1 aromatic heterocycles. The Bertz CT molecular complexity index is 1170. The maximum absolute atomic E-state index is 13.3. The summed E-state index contributed by atoms with van der Waals surface area (Å²) in [5, 5.41) is 1.48. The molecule has 1 aliphatic rings. The van der Waals surface area contributed by atoms with Crippen molar-refractivity contribution in [3.8, 4) is 0 Å². The molecule has 0 radical (unpaired) electrons. The first-order valence-electron chi connectivity index (χ1n) is 9.52. The Balaban J connectivity index is 1.63. The molecule has 2 heterocycles. The van der Waals surface area contributed by atoms with Crippen molar-refractivity contribution < 1.29 is 17.6 Å². The molecule has 1 aliphatic heterocycles. The maximum atomic E-state index is 13.3. The lowest BCUT2D eigenvalue weighted by Gasteiger charge is -2.29. The molecule has 3 aromatic rings. The average Bonchev–Trinajstić information content (AvgIpc) is 3.23. The summed E-state index contributed by atoms with van der Waals surface area (Å²) < 4.78 is 29.7. The average molecular weight is 432 g/mol. The van der Waals surface area contributed by atoms with Crippen LogP contribution in [0, 0.1) is 6.92 Å². The van der Waals surface area contributed by atoms with Crippen LogP contribution in [0.15, 0.2) is 53.1 Å². The number of hydrogen-bond donors (Lipinski definition) is 0. The second-order valence-corrected chi connectivity index (χ2v) is 10.2. The second kappa shape index (κ2) is 7.84. The van der Waals surface area contributed by atoms with E-state index in [1.807, 2.05) is 43.3 Å². The van der Waals surface area contributed by atoms with Crippen LogP contribution in [0.4, 0.5) is 0 Å². The Labute approximate surface area is 175 Å². The van der Waals surface area contributed by atoms with Crippen molar-refractivity contribution >= 4 is 38.3 Å². The summed E-state index contributed by atoms with van der Waals surface area (Å²) in [4.78, 5) is 15.0. The zero-order chi connectivity index (χ0) is 20.6. The summed E-state index contributed by atoms with van der Waals surface area (Å²) in [6, 6.07) is 12.8. The number of aryl methyl sites for hydroxylation is 1. The normalized spacial score (nSPS) is 18.2. The number of fused-ring (bicyclic) bond motifs is 1. The van der Waals surface area contributed by atoms with Gasteiger partial charge in [-0.2, -0.15) is 0 Å². The lowest BCUT2D eigenvalue weighted by Crippen LogP contribution is -2.41. The summed E-state index contributed by atoms with van der Waals surface area (Å²) in [6.45, 7) is 2.28. The third-order valence-corrected chi connectivity index (χ3v) is 7.54. The van der Waals surface area contributed by atoms with Gasteiger partial charge in [-0.05, 0) is 37.1 Å². The van der Waals surface area contributed by atoms with Crippen LogP contribution in [-0.4, -0.2) is 36.8 Å². The van der Waals surface area contributed by atoms with E-state index in [1.54, 1.807) is 17.2 Å². The topological polar surface area (TPSA) is 67.6 Å². The molecule has 0 N–H and O–H groups in total. The third-order valence-electron chi connectivity index (χ3n) is 5.42. The fourth-order valence-electron chi connectivity index (χ4n) is 3.85. The number of amides is 1. The van der Waals surface area contributed by atoms with E-state index in [9.17, 15) is 13.2 Å². The van der Waals surface area contributed by atoms with E-state index < -0.39 is 9.84 Å². The minimum atomic E-state index is -3.12. The Hall–Kier alpha value is -2.31. The predicted octanol–water partition coefficient (Wildman–Crippen LogP) is 4.15. The van der Waals surface area contributed by atoms with Crippen molar-refractivity contribution in [1.29, 1.82) is 0 Å². The molecular weight excluding hydrogens is 410 g/mol. The first kappa shape index (κ1) is 20.0. The molecule has 0 bridgehead atoms. The van der Waals surface area contributed by atoms with Gasteiger partial charge in [-0.25, -0.2) is 8.42 Å². The van der Waals surface area contributed by atoms with E-state index >= 15 is 0 Å². The van der Waals surface area contributed by atoms with Gasteiger partial charge in [0, 0.05) is 28.6 Å². The van der Waals surface area contributed by atoms with E-state index in [4.69, 9.17) is 16.0 Å². The molecule has 4 rings (SSSR count). The maximum Gasteiger partial charge on any atom is 0.227 e. The number of hydrogen-bond acceptors (Lipinski definition) is 4. The Morgan fingerprint density at radius 2 is 2.00 bits per heavy atom. The van der Waals surface area contributed by atoms with Gasteiger partial charge in [0.1, 0.15) is 5.58 Å². The number of benzene rings is 2. The highest BCUT2D eigenvalue weighted by Gasteiger charge is 2.35. The van der Waals surface area contributed by atoms with Crippen LogP contribution < -0.4 is 0 Å². The number of rotatable bonds is 5. The van der Waals surface area contributed by atoms with E-state index in [0.29, 0.717) is 11.4 Å². The second-order valence-electron chi connectivity index (χ2n) is 7.61. The molecule has 29 heavy (non-hydrogen) atoms. The van der Waals surface area contributed by atoms with Gasteiger partial charge in [0.15, 0.2) is 9.84 Å². The van der Waals surface area contributed by atoms with E-state index in [2.05, 4.69) is 0 Å². The van der Waals surface area contributed by atoms with Crippen LogP contribution in [-0.2, 0) is 27.6 Å². The summed E-state index contributed by atoms with van der Waals surface area (Å²) in [5.74, 6) is -0.0251. The van der Waals surface area contributed by atoms with Crippen LogP contribution in [0.5, 0.6) is 0 Å². The zero-order valence-electron chi connectivity index (χ0n) is 16.1. The molecule has 7 heteroatoms. The summed E-state index contributed by atoms with van der Waals surface area (Å²) in [7, 11) is -3.12. The first-order valence-corrected chi connectivity index (χ1v) is 11.7. The lowest BCUT2D eigenvalue weighted by atomic mass is 10.1. The molecule has 0 saturated carbocycles. The molecule has 2 aromatic carbocycles. The van der Waals surface area contributed by atoms with Gasteiger partial charge in [-0.3, -0.25) is 4.79 Å². The number of carbonyl (C=O) groups excluding carboxylic acids is 1. The van der Waals surface area contributed by atoms with Crippen LogP contribution in [0.1, 0.15) is 23.1 Å². The molecule has 5 nitrogen and oxygen atoms in total. The minimum absolute atomic E-state index is 0.00552. The molecular formula is C22H22ClNO4S. The fraction of sp³-hybridized carbons (Fsp3) is 0.318. The quantitative estimate of drug-likeness (QED) is 0.608. The summed E-state index contributed by atoms with van der Waals surface area (Å²) in [5.41, 5.74) is 3.43. The highest BCUT2D eigenvalue weighted by Crippen LogP contribution is 2.27. The van der Waals surface area contributed by atoms with Gasteiger partial charge in [-0.1, -0.05) is 41.4 Å². The highest BCUT2D eigenvalue weighted by atomic mass is 35.5. The Morgan fingerprint density at radius 1 is 1.21 bits per heavy atom. The zero-order valence-corrected chi connectivity index (χ0v) is 17.7. The Morgan fingerprint density at radius 3 is 2.72 bits per heavy atom. The van der Waals surface area contributed by atoms with Gasteiger partial charge in [0.2, 0.25) is 5.91 Å². The number of sulfone groups is 1. The lowest BCUT2D eigenvalue weighted by molar-refractivity contribution is -0.133. The van der Waals surface area contributed by atoms with Crippen LogP contribution in [0.3, 0.4) is 0 Å². The van der Waals surface area contributed by atoms with Crippen molar-refractivity contribution in [1.82, 2.24) is 4.90 Å². The highest BCUT2D eigenvalue weighted by molar-refractivity contribution is 7.91. The summed E-state index contributed by atoms with van der Waals surface area (Å²) in [6.07, 6.45) is 2.21. The van der Waals surface area contributed by atoms with E-state index in [-0.39, 0.29) is 36.4 Å². The third kappa shape index (κ3) is 4.33. The minimum Gasteiger partial charge on any atom is -0.464 e. The number of carbonyl (C=O) groups is 1. The van der Waals surface area contributed by atoms with Gasteiger partial charge in [-0.15, -0.1) is 0 Å². The number of halogens is 1. The molecule has 1 unspecified atom stereocenters. The van der Waals surface area contributed by atoms with Crippen molar-refractivity contribution in [3.05, 3.63) is 70.4 Å². The molecule has 1 amide bonds. The van der Waals surface area contributed by atoms with Crippen LogP contribution in [0.25, 0.3) is 11.0 Å². The standard InChI is InChI=1S/C22H22ClNO4S/c1-15-6-7-21-19(10-15)17(13-28-21)11-22(25)24(18-8-9-29(26,27)14-18)12-16-4-2-3-5-20(16)23/h2-7,10,13,18H,8-9,11-12,14H2,1H3. The van der Waals surface area contributed by atoms with Gasteiger partial charge >= 0.3 is 0 Å². The fourth-order valence-corrected chi connectivity index (χ4v) is 5.78. The monoisotopic (exact) mass is 431 g/mol. The molecule has 1 saturated heterocycles. The SMILES string of the molecule is Cc1ccc2occ(CC(=O)N(Cc3ccccc3Cl)C3CCS(=O)(=O)C3)c2c1. The molecule has 1 atom stereocenters. The van der Waals surface area contributed by atoms with Crippen LogP contribution >= 0.6 is 11.6 Å². The largest absolute Gasteiger partial charge is 0.464 e. The molecule has 152 valence electrons. The molecule has 0 spiro atoms. The van der Waals surface area contributed by atoms with Crippen LogP contribution in [0.2, 0.25) is 5.02 Å². The van der Waals surface area contributed by atoms with Gasteiger partial charge in [0.05, 0.1) is 24.2 Å². The molecule has 1 fully saturated rings. The van der Waals surface area contributed by atoms with Crippen molar-refractivity contribution in [2.75, 3.05) is 11.5 Å². The Kier molecular flexibility index (Phi) is 5.40. The number of furan rings is 1. The summed E-state index contributed by atoms with van der Waals surface area (Å²) >= 11 is 6.30. The van der Waals surface area contributed by atoms with Crippen molar-refractivity contribution in [3.63, 3.8) is 0 Å². The van der Waals surface area contributed by atoms with Crippen molar-refractivity contribution in [2.24, 2.45) is 0 Å². The predicted molar refractivity (Wildman–Crippen MR) is 114 cm³/mol. The first-order chi connectivity index (χ1) is 13.8. The van der Waals surface area contributed by atoms with Gasteiger partial charge < -0.3 is 9.32 Å². The smallest absolute Gasteiger partial charge is 0.227 e. The van der Waals surface area contributed by atoms with E-state index in [0.717, 1.165) is 27.7 Å². The number of nitrogens with zero attached hydrogens (tertiary/aromatic N) is 1. The van der Waals surface area contributed by atoms with E-state index in [1.165, 1.54) is 0 Å². The van der Waals surface area contributed by atoms with Gasteiger partial charge in [0.25, 0.3) is 0 Å².